The molecular weight excluding hydrogens is 519 g/mol. The van der Waals surface area contributed by atoms with E-state index in [0.29, 0.717) is 17.0 Å². The molecule has 0 aliphatic heterocycles. The number of hydrogen-bond acceptors (Lipinski definition) is 8. The molecule has 12 heteroatoms. The molecule has 38 heavy (non-hydrogen) atoms. The number of halogens is 3. The first kappa shape index (κ1) is 26.7. The number of carboxylic acid groups (broad SMARTS) is 1. The lowest BCUT2D eigenvalue weighted by molar-refractivity contribution is -0.138. The van der Waals surface area contributed by atoms with Crippen LogP contribution in [0.2, 0.25) is 0 Å². The first-order valence-corrected chi connectivity index (χ1v) is 12.4. The summed E-state index contributed by atoms with van der Waals surface area (Å²) in [6, 6.07) is 18.9. The highest BCUT2D eigenvalue weighted by Crippen LogP contribution is 2.30. The number of hydrogen-bond donors (Lipinski definition) is 4. The van der Waals surface area contributed by atoms with Crippen LogP contribution in [0.3, 0.4) is 0 Å². The molecule has 0 saturated carbocycles. The molecule has 0 spiro atoms. The lowest BCUT2D eigenvalue weighted by Crippen LogP contribution is -2.32. The van der Waals surface area contributed by atoms with Crippen molar-refractivity contribution in [1.29, 1.82) is 0 Å². The van der Waals surface area contributed by atoms with E-state index < -0.39 is 23.8 Å². The maximum Gasteiger partial charge on any atom is 0.416 e. The maximum atomic E-state index is 12.9. The quantitative estimate of drug-likeness (QED) is 0.197. The Morgan fingerprint density at radius 1 is 0.895 bits per heavy atom. The fraction of sp³-hybridized carbons (Fsp3) is 0.154. The van der Waals surface area contributed by atoms with Crippen molar-refractivity contribution in [2.45, 2.75) is 18.0 Å². The van der Waals surface area contributed by atoms with Gasteiger partial charge in [-0.3, -0.25) is 0 Å². The van der Waals surface area contributed by atoms with Crippen LogP contribution in [0, 0.1) is 0 Å². The summed E-state index contributed by atoms with van der Waals surface area (Å²) in [5.74, 6) is -0.121. The van der Waals surface area contributed by atoms with Gasteiger partial charge in [-0.25, -0.2) is 4.79 Å². The number of nitrogens with one attached hydrogen (secondary N) is 2. The Bertz CT molecular complexity index is 1370. The van der Waals surface area contributed by atoms with E-state index in [1.165, 1.54) is 36.0 Å². The molecule has 0 radical (unpaired) electrons. The van der Waals surface area contributed by atoms with E-state index in [4.69, 9.17) is 0 Å². The molecule has 0 bridgehead atoms. The van der Waals surface area contributed by atoms with Crippen molar-refractivity contribution in [3.8, 4) is 17.1 Å². The predicted octanol–water partition coefficient (Wildman–Crippen LogP) is 5.81. The van der Waals surface area contributed by atoms with Crippen molar-refractivity contribution in [2.75, 3.05) is 16.4 Å². The highest BCUT2D eigenvalue weighted by Gasteiger charge is 2.30. The molecule has 4 rings (SSSR count). The number of aromatic nitrogens is 3. The first-order chi connectivity index (χ1) is 18.2. The minimum absolute atomic E-state index is 0.00795. The van der Waals surface area contributed by atoms with Gasteiger partial charge in [-0.2, -0.15) is 39.9 Å². The molecule has 0 aliphatic rings. The zero-order valence-electron chi connectivity index (χ0n) is 19.7. The van der Waals surface area contributed by atoms with Gasteiger partial charge in [0, 0.05) is 22.8 Å². The minimum atomic E-state index is -4.47. The summed E-state index contributed by atoms with van der Waals surface area (Å²) in [7, 11) is 0. The molecule has 4 N–H and O–H groups in total. The number of rotatable bonds is 10. The number of carboxylic acids is 1. The Hall–Kier alpha value is -4.32. The van der Waals surface area contributed by atoms with Crippen LogP contribution < -0.4 is 10.6 Å². The van der Waals surface area contributed by atoms with Crippen LogP contribution >= 0.6 is 11.8 Å². The van der Waals surface area contributed by atoms with Crippen molar-refractivity contribution in [1.82, 2.24) is 15.0 Å². The van der Waals surface area contributed by atoms with Crippen LogP contribution in [0.5, 0.6) is 5.75 Å². The molecular formula is C26H22F3N5O3S. The Labute approximate surface area is 220 Å². The molecule has 196 valence electrons. The standard InChI is InChI=1S/C26H22F3N5O3S/c27-26(28,29)18-8-10-19(11-9-18)30-24-32-22(17-6-12-20(35)13-7-17)33-25(34-24)31-21(23(36)37)15-38-14-16-4-2-1-3-5-16/h1-13,21,35H,14-15H2,(H,36,37)(H2,30,31,32,33,34)/t21-/m0/s1. The summed E-state index contributed by atoms with van der Waals surface area (Å²) >= 11 is 1.42. The van der Waals surface area contributed by atoms with Gasteiger partial charge < -0.3 is 20.8 Å². The zero-order valence-corrected chi connectivity index (χ0v) is 20.5. The van der Waals surface area contributed by atoms with Gasteiger partial charge in [-0.1, -0.05) is 30.3 Å². The average Bonchev–Trinajstić information content (AvgIpc) is 2.89. The van der Waals surface area contributed by atoms with Crippen LogP contribution in [0.4, 0.5) is 30.8 Å². The number of phenols is 1. The monoisotopic (exact) mass is 541 g/mol. The van der Waals surface area contributed by atoms with Crippen LogP contribution in [-0.4, -0.2) is 42.9 Å². The van der Waals surface area contributed by atoms with E-state index in [-0.39, 0.29) is 29.2 Å². The van der Waals surface area contributed by atoms with Crippen molar-refractivity contribution in [3.63, 3.8) is 0 Å². The number of nitrogens with zero attached hydrogens (tertiary/aromatic N) is 3. The second kappa shape index (κ2) is 11.8. The molecule has 8 nitrogen and oxygen atoms in total. The first-order valence-electron chi connectivity index (χ1n) is 11.3. The van der Waals surface area contributed by atoms with Crippen LogP contribution in [-0.2, 0) is 16.7 Å². The lowest BCUT2D eigenvalue weighted by atomic mass is 10.2. The van der Waals surface area contributed by atoms with Crippen molar-refractivity contribution in [2.24, 2.45) is 0 Å². The number of aliphatic carboxylic acids is 1. The number of benzene rings is 3. The van der Waals surface area contributed by atoms with Gasteiger partial charge in [0.2, 0.25) is 11.9 Å². The molecule has 1 atom stereocenters. The Morgan fingerprint density at radius 3 is 2.18 bits per heavy atom. The van der Waals surface area contributed by atoms with E-state index in [1.54, 1.807) is 12.1 Å². The van der Waals surface area contributed by atoms with E-state index in [9.17, 15) is 28.2 Å². The van der Waals surface area contributed by atoms with Crippen LogP contribution in [0.1, 0.15) is 11.1 Å². The second-order valence-electron chi connectivity index (χ2n) is 8.09. The molecule has 0 saturated heterocycles. The summed E-state index contributed by atoms with van der Waals surface area (Å²) in [5.41, 5.74) is 1.05. The predicted molar refractivity (Wildman–Crippen MR) is 139 cm³/mol. The highest BCUT2D eigenvalue weighted by molar-refractivity contribution is 7.98. The van der Waals surface area contributed by atoms with E-state index in [1.807, 2.05) is 30.3 Å². The third-order valence-corrected chi connectivity index (χ3v) is 6.33. The van der Waals surface area contributed by atoms with Crippen LogP contribution in [0.25, 0.3) is 11.4 Å². The number of anilines is 3. The van der Waals surface area contributed by atoms with Crippen molar-refractivity contribution >= 4 is 35.3 Å². The topological polar surface area (TPSA) is 120 Å². The summed E-state index contributed by atoms with van der Waals surface area (Å²) < 4.78 is 38.7. The molecule has 1 aromatic heterocycles. The minimum Gasteiger partial charge on any atom is -0.508 e. The van der Waals surface area contributed by atoms with Gasteiger partial charge in [0.15, 0.2) is 5.82 Å². The molecule has 0 aliphatic carbocycles. The number of carbonyl (C=O) groups is 1. The van der Waals surface area contributed by atoms with Crippen molar-refractivity contribution in [3.05, 3.63) is 90.0 Å². The van der Waals surface area contributed by atoms with Gasteiger partial charge in [0.25, 0.3) is 0 Å². The number of thioether (sulfide) groups is 1. The smallest absolute Gasteiger partial charge is 0.416 e. The summed E-state index contributed by atoms with van der Waals surface area (Å²) in [5, 5.41) is 25.0. The van der Waals surface area contributed by atoms with Crippen LogP contribution in [0.15, 0.2) is 78.9 Å². The normalized spacial score (nSPS) is 12.1. The Morgan fingerprint density at radius 2 is 1.55 bits per heavy atom. The van der Waals surface area contributed by atoms with Gasteiger partial charge in [0.1, 0.15) is 11.8 Å². The fourth-order valence-electron chi connectivity index (χ4n) is 3.31. The zero-order chi connectivity index (χ0) is 27.1. The number of alkyl halides is 3. The highest BCUT2D eigenvalue weighted by atomic mass is 32.2. The lowest BCUT2D eigenvalue weighted by Gasteiger charge is -2.16. The summed E-state index contributed by atoms with van der Waals surface area (Å²) in [6.45, 7) is 0. The summed E-state index contributed by atoms with van der Waals surface area (Å²) in [4.78, 5) is 24.8. The molecule has 0 fully saturated rings. The fourth-order valence-corrected chi connectivity index (χ4v) is 4.31. The number of phenolic OH excluding ortho intramolecular Hbond substituents is 1. The largest absolute Gasteiger partial charge is 0.508 e. The number of aromatic hydroxyl groups is 1. The SMILES string of the molecule is O=C(O)[C@H](CSCc1ccccc1)Nc1nc(Nc2ccc(C(F)(F)F)cc2)nc(-c2ccc(O)cc2)n1. The maximum absolute atomic E-state index is 12.9. The van der Waals surface area contributed by atoms with Gasteiger partial charge in [-0.15, -0.1) is 0 Å². The summed E-state index contributed by atoms with van der Waals surface area (Å²) in [6.07, 6.45) is -4.47. The van der Waals surface area contributed by atoms with Crippen molar-refractivity contribution < 1.29 is 28.2 Å². The van der Waals surface area contributed by atoms with E-state index in [0.717, 1.165) is 17.7 Å². The van der Waals surface area contributed by atoms with Gasteiger partial charge in [-0.05, 0) is 54.1 Å². The molecule has 4 aromatic rings. The third-order valence-electron chi connectivity index (χ3n) is 5.23. The van der Waals surface area contributed by atoms with Gasteiger partial charge in [0.05, 0.1) is 5.56 Å². The second-order valence-corrected chi connectivity index (χ2v) is 9.12. The average molecular weight is 542 g/mol. The third kappa shape index (κ3) is 7.35. The molecule has 3 aromatic carbocycles. The molecule has 0 unspecified atom stereocenters. The van der Waals surface area contributed by atoms with E-state index >= 15 is 0 Å². The Balaban J connectivity index is 1.57. The molecule has 0 amide bonds. The van der Waals surface area contributed by atoms with Gasteiger partial charge >= 0.3 is 12.1 Å². The van der Waals surface area contributed by atoms with E-state index in [2.05, 4.69) is 25.6 Å². The Kier molecular flexibility index (Phi) is 8.31. The molecule has 1 heterocycles.